The molecule has 0 saturated carbocycles. The minimum absolute atomic E-state index is 0.0570. The van der Waals surface area contributed by atoms with Crippen LogP contribution in [0.3, 0.4) is 0 Å². The fourth-order valence-electron chi connectivity index (χ4n) is 1.92. The molecule has 0 saturated heterocycles. The molecule has 1 aromatic heterocycles. The second-order valence-electron chi connectivity index (χ2n) is 4.76. The molecule has 1 aromatic carbocycles. The van der Waals surface area contributed by atoms with Crippen molar-refractivity contribution in [3.05, 3.63) is 28.6 Å². The highest BCUT2D eigenvalue weighted by atomic mass is 79.9. The summed E-state index contributed by atoms with van der Waals surface area (Å²) in [6.07, 6.45) is 0.516. The van der Waals surface area contributed by atoms with Gasteiger partial charge in [-0.3, -0.25) is 4.79 Å². The first-order chi connectivity index (χ1) is 9.99. The van der Waals surface area contributed by atoms with Crippen LogP contribution in [0.4, 0.5) is 0 Å². The molecule has 1 heterocycles. The summed E-state index contributed by atoms with van der Waals surface area (Å²) in [5.41, 5.74) is 0.771. The first-order valence-electron chi connectivity index (χ1n) is 6.37. The van der Waals surface area contributed by atoms with E-state index in [9.17, 15) is 4.79 Å². The van der Waals surface area contributed by atoms with Crippen LogP contribution in [0.25, 0.3) is 11.5 Å². The van der Waals surface area contributed by atoms with Crippen LogP contribution in [0.15, 0.2) is 27.1 Å². The molecule has 112 valence electrons. The van der Waals surface area contributed by atoms with Gasteiger partial charge in [0.25, 0.3) is 0 Å². The van der Waals surface area contributed by atoms with E-state index in [1.807, 2.05) is 19.1 Å². The molecular weight excluding hydrogens is 340 g/mol. The van der Waals surface area contributed by atoms with Crippen LogP contribution in [-0.4, -0.2) is 28.4 Å². The van der Waals surface area contributed by atoms with Crippen LogP contribution in [0.2, 0.25) is 0 Å². The Kier molecular flexibility index (Phi) is 4.95. The van der Waals surface area contributed by atoms with Gasteiger partial charge in [-0.1, -0.05) is 6.92 Å². The van der Waals surface area contributed by atoms with Crippen molar-refractivity contribution in [3.8, 4) is 17.2 Å². The first kappa shape index (κ1) is 15.5. The third-order valence-corrected chi connectivity index (χ3v) is 3.53. The number of aliphatic carboxylic acids is 1. The number of ether oxygens (including phenoxy) is 1. The summed E-state index contributed by atoms with van der Waals surface area (Å²) >= 11 is 3.40. The molecule has 7 heteroatoms. The summed E-state index contributed by atoms with van der Waals surface area (Å²) in [6, 6.07) is 5.45. The van der Waals surface area contributed by atoms with Crippen molar-refractivity contribution in [2.75, 3.05) is 7.11 Å². The molecule has 0 aliphatic rings. The van der Waals surface area contributed by atoms with E-state index in [4.69, 9.17) is 14.3 Å². The monoisotopic (exact) mass is 354 g/mol. The number of benzene rings is 1. The molecule has 2 aromatic rings. The lowest BCUT2D eigenvalue weighted by Crippen LogP contribution is -2.07. The third kappa shape index (κ3) is 4.04. The normalized spacial score (nSPS) is 12.1. The van der Waals surface area contributed by atoms with Crippen molar-refractivity contribution < 1.29 is 19.1 Å². The smallest absolute Gasteiger partial charge is 0.303 e. The van der Waals surface area contributed by atoms with Crippen LogP contribution in [-0.2, 0) is 11.2 Å². The molecule has 1 unspecified atom stereocenters. The maximum Gasteiger partial charge on any atom is 0.303 e. The number of halogens is 1. The number of carbonyl (C=O) groups is 1. The average molecular weight is 355 g/mol. The molecule has 0 spiro atoms. The van der Waals surface area contributed by atoms with Crippen molar-refractivity contribution >= 4 is 21.9 Å². The molecule has 6 nitrogen and oxygen atoms in total. The molecule has 2 rings (SSSR count). The zero-order chi connectivity index (χ0) is 15.4. The van der Waals surface area contributed by atoms with Crippen LogP contribution in [0.5, 0.6) is 5.75 Å². The molecule has 0 amide bonds. The predicted octanol–water partition coefficient (Wildman–Crippen LogP) is 3.16. The number of hydrogen-bond donors (Lipinski definition) is 1. The fraction of sp³-hybridized carbons (Fsp3) is 0.357. The van der Waals surface area contributed by atoms with Crippen molar-refractivity contribution in [1.29, 1.82) is 0 Å². The Labute approximate surface area is 130 Å². The molecule has 0 radical (unpaired) electrons. The van der Waals surface area contributed by atoms with Gasteiger partial charge >= 0.3 is 5.97 Å². The highest BCUT2D eigenvalue weighted by Gasteiger charge is 2.15. The Hall–Kier alpha value is -1.89. The molecule has 0 aliphatic heterocycles. The molecule has 21 heavy (non-hydrogen) atoms. The van der Waals surface area contributed by atoms with E-state index in [-0.39, 0.29) is 12.3 Å². The largest absolute Gasteiger partial charge is 0.496 e. The lowest BCUT2D eigenvalue weighted by molar-refractivity contribution is -0.137. The van der Waals surface area contributed by atoms with E-state index in [0.29, 0.717) is 24.0 Å². The highest BCUT2D eigenvalue weighted by Crippen LogP contribution is 2.30. The summed E-state index contributed by atoms with van der Waals surface area (Å²) in [4.78, 5) is 10.6. The van der Waals surface area contributed by atoms with Gasteiger partial charge in [0.2, 0.25) is 11.8 Å². The van der Waals surface area contributed by atoms with Crippen molar-refractivity contribution in [3.63, 3.8) is 0 Å². The summed E-state index contributed by atoms with van der Waals surface area (Å²) in [5, 5.41) is 16.7. The number of carboxylic acid groups (broad SMARTS) is 1. The highest BCUT2D eigenvalue weighted by molar-refractivity contribution is 9.10. The SMILES string of the molecule is COc1ccc(-c2nnc(CC(C)CC(=O)O)o2)cc1Br. The van der Waals surface area contributed by atoms with E-state index in [1.54, 1.807) is 13.2 Å². The molecule has 0 aliphatic carbocycles. The molecule has 1 N–H and O–H groups in total. The van der Waals surface area contributed by atoms with Gasteiger partial charge in [-0.15, -0.1) is 10.2 Å². The summed E-state index contributed by atoms with van der Waals surface area (Å²) in [6.45, 7) is 1.84. The van der Waals surface area contributed by atoms with Crippen LogP contribution in [0, 0.1) is 5.92 Å². The Morgan fingerprint density at radius 3 is 2.86 bits per heavy atom. The van der Waals surface area contributed by atoms with Gasteiger partial charge in [-0.2, -0.15) is 0 Å². The number of methoxy groups -OCH3 is 1. The van der Waals surface area contributed by atoms with Gasteiger partial charge in [0.15, 0.2) is 0 Å². The zero-order valence-electron chi connectivity index (χ0n) is 11.7. The number of nitrogens with zero attached hydrogens (tertiary/aromatic N) is 2. The van der Waals surface area contributed by atoms with E-state index in [1.165, 1.54) is 0 Å². The van der Waals surface area contributed by atoms with Crippen molar-refractivity contribution in [1.82, 2.24) is 10.2 Å². The van der Waals surface area contributed by atoms with Crippen molar-refractivity contribution in [2.24, 2.45) is 5.92 Å². The van der Waals surface area contributed by atoms with Gasteiger partial charge in [-0.25, -0.2) is 0 Å². The third-order valence-electron chi connectivity index (χ3n) is 2.91. The Bertz CT molecular complexity index is 642. The lowest BCUT2D eigenvalue weighted by Gasteiger charge is -2.04. The first-order valence-corrected chi connectivity index (χ1v) is 7.17. The summed E-state index contributed by atoms with van der Waals surface area (Å²) < 4.78 is 11.5. The van der Waals surface area contributed by atoms with E-state index >= 15 is 0 Å². The maximum absolute atomic E-state index is 10.6. The summed E-state index contributed by atoms with van der Waals surface area (Å²) in [5.74, 6) is 0.662. The number of carboxylic acids is 1. The topological polar surface area (TPSA) is 85.5 Å². The van der Waals surface area contributed by atoms with E-state index in [0.717, 1.165) is 10.0 Å². The Morgan fingerprint density at radius 2 is 2.24 bits per heavy atom. The molecule has 1 atom stereocenters. The second-order valence-corrected chi connectivity index (χ2v) is 5.61. The van der Waals surface area contributed by atoms with E-state index in [2.05, 4.69) is 26.1 Å². The van der Waals surface area contributed by atoms with Crippen LogP contribution >= 0.6 is 15.9 Å². The van der Waals surface area contributed by atoms with Crippen LogP contribution in [0.1, 0.15) is 19.2 Å². The van der Waals surface area contributed by atoms with E-state index < -0.39 is 5.97 Å². The number of rotatable bonds is 6. The molecule has 0 bridgehead atoms. The minimum Gasteiger partial charge on any atom is -0.496 e. The average Bonchev–Trinajstić information content (AvgIpc) is 2.86. The Morgan fingerprint density at radius 1 is 1.48 bits per heavy atom. The fourth-order valence-corrected chi connectivity index (χ4v) is 2.46. The number of aromatic nitrogens is 2. The zero-order valence-corrected chi connectivity index (χ0v) is 13.3. The second kappa shape index (κ2) is 6.71. The minimum atomic E-state index is -0.832. The molecular formula is C14H15BrN2O4. The van der Waals surface area contributed by atoms with Crippen molar-refractivity contribution in [2.45, 2.75) is 19.8 Å². The van der Waals surface area contributed by atoms with Crippen LogP contribution < -0.4 is 4.74 Å². The van der Waals surface area contributed by atoms with Gasteiger partial charge in [-0.05, 0) is 40.0 Å². The van der Waals surface area contributed by atoms with Gasteiger partial charge in [0.1, 0.15) is 5.75 Å². The standard InChI is InChI=1S/C14H15BrN2O4/c1-8(6-13(18)19)5-12-16-17-14(21-12)9-3-4-11(20-2)10(15)7-9/h3-4,7-8H,5-6H2,1-2H3,(H,18,19). The van der Waals surface area contributed by atoms with Gasteiger partial charge in [0, 0.05) is 18.4 Å². The quantitative estimate of drug-likeness (QED) is 0.857. The lowest BCUT2D eigenvalue weighted by atomic mass is 10.0. The van der Waals surface area contributed by atoms with Gasteiger partial charge in [0.05, 0.1) is 11.6 Å². The maximum atomic E-state index is 10.6. The number of hydrogen-bond acceptors (Lipinski definition) is 5. The molecule has 0 fully saturated rings. The van der Waals surface area contributed by atoms with Gasteiger partial charge < -0.3 is 14.3 Å². The predicted molar refractivity (Wildman–Crippen MR) is 79.1 cm³/mol. The summed E-state index contributed by atoms with van der Waals surface area (Å²) in [7, 11) is 1.59. The Balaban J connectivity index is 2.12.